The minimum atomic E-state index is 0.0253. The maximum absolute atomic E-state index is 13.2. The van der Waals surface area contributed by atoms with Crippen LogP contribution in [0.5, 0.6) is 11.5 Å². The first-order valence-electron chi connectivity index (χ1n) is 12.6. The molecule has 0 saturated carbocycles. The number of nitrogens with zero attached hydrogens (tertiary/aromatic N) is 2. The molecule has 2 heterocycles. The lowest BCUT2D eigenvalue weighted by Crippen LogP contribution is -2.48. The molecule has 2 fully saturated rings. The van der Waals surface area contributed by atoms with E-state index in [9.17, 15) is 4.79 Å². The number of rotatable bonds is 10. The molecule has 4 rings (SSSR count). The maximum atomic E-state index is 13.2. The maximum Gasteiger partial charge on any atom is 0.224 e. The molecule has 6 heteroatoms. The predicted molar refractivity (Wildman–Crippen MR) is 135 cm³/mol. The number of hydrogen-bond acceptors (Lipinski definition) is 5. The van der Waals surface area contributed by atoms with Gasteiger partial charge in [0.05, 0.1) is 20.1 Å². The van der Waals surface area contributed by atoms with Gasteiger partial charge in [-0.1, -0.05) is 36.4 Å². The summed E-state index contributed by atoms with van der Waals surface area (Å²) in [5.41, 5.74) is 2.44. The van der Waals surface area contributed by atoms with E-state index in [1.54, 1.807) is 14.2 Å². The molecule has 1 N–H and O–H groups in total. The lowest BCUT2D eigenvalue weighted by Gasteiger charge is -2.38. The van der Waals surface area contributed by atoms with Crippen LogP contribution in [0, 0.1) is 11.8 Å². The van der Waals surface area contributed by atoms with E-state index in [1.165, 1.54) is 37.1 Å². The van der Waals surface area contributed by atoms with E-state index >= 15 is 0 Å². The minimum absolute atomic E-state index is 0.0253. The van der Waals surface area contributed by atoms with Crippen LogP contribution < -0.4 is 14.8 Å². The summed E-state index contributed by atoms with van der Waals surface area (Å²) in [4.78, 5) is 18.2. The molecule has 1 amide bonds. The molecule has 2 aromatic carbocycles. The summed E-state index contributed by atoms with van der Waals surface area (Å²) in [6.45, 7) is 6.80. The smallest absolute Gasteiger partial charge is 0.224 e. The van der Waals surface area contributed by atoms with E-state index in [2.05, 4.69) is 39.4 Å². The van der Waals surface area contributed by atoms with Crippen LogP contribution >= 0.6 is 0 Å². The Hall–Kier alpha value is -2.57. The molecule has 2 saturated heterocycles. The van der Waals surface area contributed by atoms with Crippen LogP contribution in [0.1, 0.15) is 30.4 Å². The summed E-state index contributed by atoms with van der Waals surface area (Å²) in [5, 5.41) is 3.22. The molecule has 34 heavy (non-hydrogen) atoms. The SMILES string of the molecule is COc1ccc(CN2C[C@@H](CN3CCCC3)C[C@@H](C(=O)NCCc3ccccc3)C2)cc1OC. The van der Waals surface area contributed by atoms with Crippen molar-refractivity contribution in [1.29, 1.82) is 0 Å². The summed E-state index contributed by atoms with van der Waals surface area (Å²) < 4.78 is 10.9. The summed E-state index contributed by atoms with van der Waals surface area (Å²) in [5.74, 6) is 2.22. The molecule has 184 valence electrons. The normalized spacial score (nSPS) is 21.4. The Morgan fingerprint density at radius 1 is 0.941 bits per heavy atom. The van der Waals surface area contributed by atoms with Gasteiger partial charge >= 0.3 is 0 Å². The van der Waals surface area contributed by atoms with Gasteiger partial charge in [0.25, 0.3) is 0 Å². The van der Waals surface area contributed by atoms with Gasteiger partial charge in [-0.05, 0) is 68.0 Å². The number of benzene rings is 2. The first-order chi connectivity index (χ1) is 16.6. The van der Waals surface area contributed by atoms with Gasteiger partial charge in [0.1, 0.15) is 0 Å². The van der Waals surface area contributed by atoms with Gasteiger partial charge in [0.2, 0.25) is 5.91 Å². The van der Waals surface area contributed by atoms with E-state index in [1.807, 2.05) is 24.3 Å². The zero-order valence-electron chi connectivity index (χ0n) is 20.7. The molecule has 0 aliphatic carbocycles. The van der Waals surface area contributed by atoms with E-state index in [-0.39, 0.29) is 11.8 Å². The van der Waals surface area contributed by atoms with Crippen molar-refractivity contribution in [3.8, 4) is 11.5 Å². The average Bonchev–Trinajstić information content (AvgIpc) is 3.37. The summed E-state index contributed by atoms with van der Waals surface area (Å²) >= 11 is 0. The van der Waals surface area contributed by atoms with Crippen LogP contribution in [0.4, 0.5) is 0 Å². The second-order valence-corrected chi connectivity index (χ2v) is 9.72. The predicted octanol–water partition coefficient (Wildman–Crippen LogP) is 3.60. The number of likely N-dealkylation sites (tertiary alicyclic amines) is 2. The number of nitrogens with one attached hydrogen (secondary N) is 1. The molecule has 0 aromatic heterocycles. The number of carbonyl (C=O) groups is 1. The molecular weight excluding hydrogens is 426 g/mol. The molecule has 0 unspecified atom stereocenters. The Labute approximate surface area is 204 Å². The first-order valence-corrected chi connectivity index (χ1v) is 12.6. The van der Waals surface area contributed by atoms with Crippen molar-refractivity contribution in [3.05, 3.63) is 59.7 Å². The Balaban J connectivity index is 1.39. The van der Waals surface area contributed by atoms with Crippen LogP contribution in [0.15, 0.2) is 48.5 Å². The number of amides is 1. The van der Waals surface area contributed by atoms with Crippen molar-refractivity contribution in [3.63, 3.8) is 0 Å². The van der Waals surface area contributed by atoms with E-state index in [0.717, 1.165) is 50.5 Å². The van der Waals surface area contributed by atoms with Crippen LogP contribution in [0.25, 0.3) is 0 Å². The number of methoxy groups -OCH3 is 2. The minimum Gasteiger partial charge on any atom is -0.493 e. The van der Waals surface area contributed by atoms with Crippen molar-refractivity contribution in [2.45, 2.75) is 32.2 Å². The van der Waals surface area contributed by atoms with E-state index in [4.69, 9.17) is 9.47 Å². The van der Waals surface area contributed by atoms with Crippen LogP contribution in [0.2, 0.25) is 0 Å². The Morgan fingerprint density at radius 3 is 2.44 bits per heavy atom. The molecule has 2 aliphatic rings. The number of carbonyl (C=O) groups excluding carboxylic acids is 1. The van der Waals surface area contributed by atoms with Gasteiger partial charge in [-0.3, -0.25) is 9.69 Å². The number of hydrogen-bond donors (Lipinski definition) is 1. The second kappa shape index (κ2) is 12.2. The molecule has 0 radical (unpaired) electrons. The summed E-state index contributed by atoms with van der Waals surface area (Å²) in [7, 11) is 3.33. The highest BCUT2D eigenvalue weighted by atomic mass is 16.5. The van der Waals surface area contributed by atoms with E-state index < -0.39 is 0 Å². The fourth-order valence-electron chi connectivity index (χ4n) is 5.44. The Kier molecular flexibility index (Phi) is 8.83. The standard InChI is InChI=1S/C28H39N3O3/c1-33-26-11-10-23(17-27(26)34-2)18-31-20-24(19-30-14-6-7-15-30)16-25(21-31)28(32)29-13-12-22-8-4-3-5-9-22/h3-5,8-11,17,24-25H,6-7,12-16,18-21H2,1-2H3,(H,29,32)/t24-,25-/m1/s1. The van der Waals surface area contributed by atoms with Crippen LogP contribution in [-0.2, 0) is 17.8 Å². The van der Waals surface area contributed by atoms with Crippen molar-refractivity contribution in [1.82, 2.24) is 15.1 Å². The second-order valence-electron chi connectivity index (χ2n) is 9.72. The third-order valence-corrected chi connectivity index (χ3v) is 7.11. The van der Waals surface area contributed by atoms with Crippen molar-refractivity contribution in [2.24, 2.45) is 11.8 Å². The topological polar surface area (TPSA) is 54.0 Å². The highest BCUT2D eigenvalue weighted by molar-refractivity contribution is 5.79. The van der Waals surface area contributed by atoms with E-state index in [0.29, 0.717) is 12.5 Å². The third kappa shape index (κ3) is 6.73. The average molecular weight is 466 g/mol. The lowest BCUT2D eigenvalue weighted by molar-refractivity contribution is -0.127. The zero-order chi connectivity index (χ0) is 23.8. The van der Waals surface area contributed by atoms with Gasteiger partial charge < -0.3 is 19.7 Å². The Morgan fingerprint density at radius 2 is 1.71 bits per heavy atom. The summed E-state index contributed by atoms with van der Waals surface area (Å²) in [6.07, 6.45) is 4.43. The van der Waals surface area contributed by atoms with Gasteiger partial charge in [0, 0.05) is 32.7 Å². The highest BCUT2D eigenvalue weighted by Crippen LogP contribution is 2.30. The molecule has 0 bridgehead atoms. The molecule has 6 nitrogen and oxygen atoms in total. The van der Waals surface area contributed by atoms with Gasteiger partial charge in [0.15, 0.2) is 11.5 Å². The molecule has 2 aromatic rings. The van der Waals surface area contributed by atoms with Crippen molar-refractivity contribution in [2.75, 3.05) is 53.5 Å². The molecule has 2 aliphatic heterocycles. The lowest BCUT2D eigenvalue weighted by atomic mass is 9.87. The highest BCUT2D eigenvalue weighted by Gasteiger charge is 2.33. The fourth-order valence-corrected chi connectivity index (χ4v) is 5.44. The monoisotopic (exact) mass is 465 g/mol. The Bertz CT molecular complexity index is 914. The van der Waals surface area contributed by atoms with Gasteiger partial charge in [-0.15, -0.1) is 0 Å². The van der Waals surface area contributed by atoms with Crippen LogP contribution in [-0.4, -0.2) is 69.2 Å². The third-order valence-electron chi connectivity index (χ3n) is 7.11. The largest absolute Gasteiger partial charge is 0.493 e. The first kappa shape index (κ1) is 24.6. The molecule has 0 spiro atoms. The van der Waals surface area contributed by atoms with Gasteiger partial charge in [-0.2, -0.15) is 0 Å². The zero-order valence-corrected chi connectivity index (χ0v) is 20.7. The van der Waals surface area contributed by atoms with Crippen molar-refractivity contribution < 1.29 is 14.3 Å². The quantitative estimate of drug-likeness (QED) is 0.581. The summed E-state index contributed by atoms with van der Waals surface area (Å²) in [6, 6.07) is 16.5. The van der Waals surface area contributed by atoms with Gasteiger partial charge in [-0.25, -0.2) is 0 Å². The van der Waals surface area contributed by atoms with Crippen molar-refractivity contribution >= 4 is 5.91 Å². The molecular formula is C28H39N3O3. The fraction of sp³-hybridized carbons (Fsp3) is 0.536. The number of ether oxygens (including phenoxy) is 2. The molecule has 2 atom stereocenters. The number of piperidine rings is 1. The van der Waals surface area contributed by atoms with Crippen LogP contribution in [0.3, 0.4) is 0 Å².